The van der Waals surface area contributed by atoms with Crippen molar-refractivity contribution < 1.29 is 19.1 Å². The van der Waals surface area contributed by atoms with Crippen molar-refractivity contribution in [2.24, 2.45) is 0 Å². The number of benzene rings is 2. The number of ether oxygens (including phenoxy) is 2. The van der Waals surface area contributed by atoms with E-state index in [1.165, 1.54) is 0 Å². The monoisotopic (exact) mass is 364 g/mol. The van der Waals surface area contributed by atoms with E-state index in [1.807, 2.05) is 0 Å². The van der Waals surface area contributed by atoms with Crippen LogP contribution in [0.25, 0.3) is 0 Å². The van der Waals surface area contributed by atoms with Crippen LogP contribution in [0.4, 0.5) is 11.4 Å². The van der Waals surface area contributed by atoms with Crippen molar-refractivity contribution in [2.45, 2.75) is 6.54 Å². The Hall–Kier alpha value is -3.81. The molecule has 0 fully saturated rings. The van der Waals surface area contributed by atoms with Crippen LogP contribution in [0.15, 0.2) is 61.2 Å². The third kappa shape index (κ3) is 3.74. The number of rotatable bonds is 5. The second kappa shape index (κ2) is 7.20. The topological polar surface area (TPSA) is 94.5 Å². The van der Waals surface area contributed by atoms with E-state index >= 15 is 0 Å². The lowest BCUT2D eigenvalue weighted by Crippen LogP contribution is -2.21. The molecule has 0 saturated carbocycles. The lowest BCUT2D eigenvalue weighted by Gasteiger charge is -2.12. The molecule has 1 aliphatic heterocycles. The van der Waals surface area contributed by atoms with E-state index in [0.29, 0.717) is 28.4 Å². The van der Waals surface area contributed by atoms with Gasteiger partial charge in [-0.1, -0.05) is 12.1 Å². The Balaban J connectivity index is 1.48. The molecule has 8 heteroatoms. The molecule has 0 unspecified atom stereocenters. The molecule has 2 aromatic carbocycles. The molecular formula is C19H16N4O4. The van der Waals surface area contributed by atoms with Crippen molar-refractivity contribution in [3.8, 4) is 11.5 Å². The number of carbonyl (C=O) groups excluding carboxylic acids is 2. The first kappa shape index (κ1) is 16.6. The van der Waals surface area contributed by atoms with Gasteiger partial charge < -0.3 is 24.7 Å². The summed E-state index contributed by atoms with van der Waals surface area (Å²) in [5.74, 6) is 0.624. The summed E-state index contributed by atoms with van der Waals surface area (Å²) in [4.78, 5) is 28.8. The molecule has 0 saturated heterocycles. The number of carbonyl (C=O) groups is 2. The molecule has 0 atom stereocenters. The third-order valence-electron chi connectivity index (χ3n) is 3.96. The first-order valence-corrected chi connectivity index (χ1v) is 8.25. The Morgan fingerprint density at radius 1 is 1.07 bits per heavy atom. The van der Waals surface area contributed by atoms with Gasteiger partial charge in [-0.3, -0.25) is 9.59 Å². The molecule has 0 aliphatic carbocycles. The van der Waals surface area contributed by atoms with E-state index < -0.39 is 0 Å². The fourth-order valence-electron chi connectivity index (χ4n) is 2.70. The Bertz CT molecular complexity index is 985. The summed E-state index contributed by atoms with van der Waals surface area (Å²) in [7, 11) is 0. The van der Waals surface area contributed by atoms with Gasteiger partial charge >= 0.3 is 0 Å². The summed E-state index contributed by atoms with van der Waals surface area (Å²) in [6.45, 7) is 0.274. The number of imidazole rings is 1. The van der Waals surface area contributed by atoms with Gasteiger partial charge in [-0.05, 0) is 24.3 Å². The number of anilines is 2. The summed E-state index contributed by atoms with van der Waals surface area (Å²) in [5, 5.41) is 5.57. The van der Waals surface area contributed by atoms with Gasteiger partial charge in [0, 0.05) is 24.1 Å². The van der Waals surface area contributed by atoms with E-state index in [9.17, 15) is 9.59 Å². The lowest BCUT2D eigenvalue weighted by atomic mass is 10.1. The fraction of sp³-hybridized carbons (Fsp3) is 0.105. The van der Waals surface area contributed by atoms with Crippen LogP contribution >= 0.6 is 0 Å². The standard InChI is InChI=1S/C19H16N4O4/c24-18(10-23-8-7-20-11-23)22-15-4-2-1-3-14(15)19(25)21-13-5-6-16-17(9-13)27-12-26-16/h1-9,11H,10,12H2,(H,21,25)(H,22,24). The molecule has 0 radical (unpaired) electrons. The SMILES string of the molecule is O=C(Cn1ccnc1)Nc1ccccc1C(=O)Nc1ccc2c(c1)OCO2. The molecule has 4 rings (SSSR count). The molecule has 3 aromatic rings. The van der Waals surface area contributed by atoms with E-state index in [-0.39, 0.29) is 25.2 Å². The van der Waals surface area contributed by atoms with E-state index in [1.54, 1.807) is 65.8 Å². The second-order valence-corrected chi connectivity index (χ2v) is 5.85. The van der Waals surface area contributed by atoms with Crippen LogP contribution < -0.4 is 20.1 Å². The van der Waals surface area contributed by atoms with E-state index in [2.05, 4.69) is 15.6 Å². The van der Waals surface area contributed by atoms with Crippen LogP contribution in [0.3, 0.4) is 0 Å². The van der Waals surface area contributed by atoms with Gasteiger partial charge in [-0.15, -0.1) is 0 Å². The molecule has 0 bridgehead atoms. The number of aromatic nitrogens is 2. The maximum Gasteiger partial charge on any atom is 0.257 e. The smallest absolute Gasteiger partial charge is 0.257 e. The molecule has 0 spiro atoms. The van der Waals surface area contributed by atoms with Crippen LogP contribution in [0, 0.1) is 0 Å². The van der Waals surface area contributed by atoms with Crippen molar-refractivity contribution in [3.63, 3.8) is 0 Å². The molecule has 8 nitrogen and oxygen atoms in total. The maximum atomic E-state index is 12.7. The van der Waals surface area contributed by atoms with Gasteiger partial charge in [0.15, 0.2) is 11.5 Å². The zero-order valence-corrected chi connectivity index (χ0v) is 14.2. The first-order chi connectivity index (χ1) is 13.2. The number of nitrogens with zero attached hydrogens (tertiary/aromatic N) is 2. The van der Waals surface area contributed by atoms with E-state index in [4.69, 9.17) is 9.47 Å². The van der Waals surface area contributed by atoms with Crippen LogP contribution in [0.1, 0.15) is 10.4 Å². The van der Waals surface area contributed by atoms with Crippen molar-refractivity contribution in [1.29, 1.82) is 0 Å². The Morgan fingerprint density at radius 3 is 2.78 bits per heavy atom. The normalized spacial score (nSPS) is 11.9. The number of fused-ring (bicyclic) bond motifs is 1. The summed E-state index contributed by atoms with van der Waals surface area (Å²) < 4.78 is 12.2. The van der Waals surface area contributed by atoms with Crippen LogP contribution in [0.5, 0.6) is 11.5 Å². The maximum absolute atomic E-state index is 12.7. The Kier molecular flexibility index (Phi) is 4.44. The van der Waals surface area contributed by atoms with Gasteiger partial charge in [-0.25, -0.2) is 4.98 Å². The second-order valence-electron chi connectivity index (χ2n) is 5.85. The molecule has 2 N–H and O–H groups in total. The number of hydrogen-bond acceptors (Lipinski definition) is 5. The Morgan fingerprint density at radius 2 is 1.93 bits per heavy atom. The Labute approximate surface area is 154 Å². The van der Waals surface area contributed by atoms with Gasteiger partial charge in [-0.2, -0.15) is 0 Å². The van der Waals surface area contributed by atoms with Crippen LogP contribution in [0.2, 0.25) is 0 Å². The first-order valence-electron chi connectivity index (χ1n) is 8.25. The highest BCUT2D eigenvalue weighted by Crippen LogP contribution is 2.34. The summed E-state index contributed by atoms with van der Waals surface area (Å²) in [6, 6.07) is 12.0. The highest BCUT2D eigenvalue weighted by Gasteiger charge is 2.17. The van der Waals surface area contributed by atoms with Crippen molar-refractivity contribution >= 4 is 23.2 Å². The number of nitrogens with one attached hydrogen (secondary N) is 2. The highest BCUT2D eigenvalue weighted by atomic mass is 16.7. The van der Waals surface area contributed by atoms with E-state index in [0.717, 1.165) is 0 Å². The predicted octanol–water partition coefficient (Wildman–Crippen LogP) is 2.50. The molecule has 136 valence electrons. The van der Waals surface area contributed by atoms with Gasteiger partial charge in [0.25, 0.3) is 5.91 Å². The zero-order valence-electron chi connectivity index (χ0n) is 14.2. The average Bonchev–Trinajstić information content (AvgIpc) is 3.33. The number of para-hydroxylation sites is 1. The molecular weight excluding hydrogens is 348 g/mol. The predicted molar refractivity (Wildman–Crippen MR) is 97.8 cm³/mol. The molecule has 27 heavy (non-hydrogen) atoms. The largest absolute Gasteiger partial charge is 0.454 e. The quantitative estimate of drug-likeness (QED) is 0.725. The lowest BCUT2D eigenvalue weighted by molar-refractivity contribution is -0.116. The van der Waals surface area contributed by atoms with Gasteiger partial charge in [0.2, 0.25) is 12.7 Å². The molecule has 2 amide bonds. The van der Waals surface area contributed by atoms with Crippen LogP contribution in [-0.2, 0) is 11.3 Å². The number of hydrogen-bond donors (Lipinski definition) is 2. The number of amides is 2. The summed E-state index contributed by atoms with van der Waals surface area (Å²) in [6.07, 6.45) is 4.84. The molecule has 1 aliphatic rings. The highest BCUT2D eigenvalue weighted by molar-refractivity contribution is 6.10. The third-order valence-corrected chi connectivity index (χ3v) is 3.96. The fourth-order valence-corrected chi connectivity index (χ4v) is 2.70. The summed E-state index contributed by atoms with van der Waals surface area (Å²) >= 11 is 0. The molecule has 2 heterocycles. The van der Waals surface area contributed by atoms with Gasteiger partial charge in [0.05, 0.1) is 17.6 Å². The van der Waals surface area contributed by atoms with Crippen molar-refractivity contribution in [1.82, 2.24) is 9.55 Å². The molecule has 1 aromatic heterocycles. The minimum Gasteiger partial charge on any atom is -0.454 e. The van der Waals surface area contributed by atoms with Crippen LogP contribution in [-0.4, -0.2) is 28.2 Å². The van der Waals surface area contributed by atoms with Gasteiger partial charge in [0.1, 0.15) is 6.54 Å². The minimum absolute atomic E-state index is 0.109. The zero-order chi connectivity index (χ0) is 18.6. The van der Waals surface area contributed by atoms with Crippen molar-refractivity contribution in [3.05, 3.63) is 66.7 Å². The average molecular weight is 364 g/mol. The minimum atomic E-state index is -0.340. The van der Waals surface area contributed by atoms with Crippen molar-refractivity contribution in [2.75, 3.05) is 17.4 Å². The summed E-state index contributed by atoms with van der Waals surface area (Å²) in [5.41, 5.74) is 1.36.